The topological polar surface area (TPSA) is 33.1 Å². The Kier molecular flexibility index (Phi) is 3.81. The van der Waals surface area contributed by atoms with Crippen molar-refractivity contribution in [3.8, 4) is 0 Å². The molecule has 1 atom stereocenters. The van der Waals surface area contributed by atoms with E-state index < -0.39 is 6.10 Å². The van der Waals surface area contributed by atoms with Gasteiger partial charge in [-0.3, -0.25) is 4.98 Å². The van der Waals surface area contributed by atoms with Gasteiger partial charge in [-0.15, -0.1) is 0 Å². The molecule has 0 aliphatic rings. The molecule has 0 spiro atoms. The first-order chi connectivity index (χ1) is 9.74. The van der Waals surface area contributed by atoms with E-state index in [2.05, 4.69) is 20.9 Å². The standard InChI is InChI=1S/C17H14BrNO/c18-13-7-5-12(6-8-13)11-17(20)15-9-10-19-16-4-2-1-3-14(15)16/h1-10,17,20H,11H2. The summed E-state index contributed by atoms with van der Waals surface area (Å²) in [6.07, 6.45) is 1.83. The van der Waals surface area contributed by atoms with Gasteiger partial charge in [0.1, 0.15) is 0 Å². The summed E-state index contributed by atoms with van der Waals surface area (Å²) in [5.74, 6) is 0. The minimum Gasteiger partial charge on any atom is -0.388 e. The first kappa shape index (κ1) is 13.3. The number of halogens is 1. The van der Waals surface area contributed by atoms with E-state index in [0.717, 1.165) is 26.5 Å². The van der Waals surface area contributed by atoms with Crippen LogP contribution in [-0.4, -0.2) is 10.1 Å². The summed E-state index contributed by atoms with van der Waals surface area (Å²) < 4.78 is 1.05. The highest BCUT2D eigenvalue weighted by Crippen LogP contribution is 2.25. The van der Waals surface area contributed by atoms with Crippen LogP contribution in [0.15, 0.2) is 65.3 Å². The van der Waals surface area contributed by atoms with Gasteiger partial charge in [-0.2, -0.15) is 0 Å². The van der Waals surface area contributed by atoms with E-state index in [1.54, 1.807) is 6.20 Å². The van der Waals surface area contributed by atoms with Gasteiger partial charge >= 0.3 is 0 Å². The van der Waals surface area contributed by atoms with E-state index in [1.807, 2.05) is 54.6 Å². The third-order valence-corrected chi connectivity index (χ3v) is 3.91. The molecule has 20 heavy (non-hydrogen) atoms. The molecule has 0 aliphatic heterocycles. The highest BCUT2D eigenvalue weighted by molar-refractivity contribution is 9.10. The lowest BCUT2D eigenvalue weighted by Crippen LogP contribution is -2.03. The molecule has 0 bridgehead atoms. The minimum absolute atomic E-state index is 0.524. The fourth-order valence-corrected chi connectivity index (χ4v) is 2.63. The van der Waals surface area contributed by atoms with Crippen LogP contribution < -0.4 is 0 Å². The number of hydrogen-bond donors (Lipinski definition) is 1. The normalized spacial score (nSPS) is 12.5. The Morgan fingerprint density at radius 3 is 2.55 bits per heavy atom. The Hall–Kier alpha value is -1.71. The molecule has 1 heterocycles. The first-order valence-corrected chi connectivity index (χ1v) is 7.29. The second-order valence-electron chi connectivity index (χ2n) is 4.76. The molecular formula is C17H14BrNO. The minimum atomic E-state index is -0.524. The summed E-state index contributed by atoms with van der Waals surface area (Å²) >= 11 is 3.42. The average Bonchev–Trinajstić information content (AvgIpc) is 2.49. The quantitative estimate of drug-likeness (QED) is 0.779. The third-order valence-electron chi connectivity index (χ3n) is 3.38. The van der Waals surface area contributed by atoms with Gasteiger partial charge in [0.15, 0.2) is 0 Å². The average molecular weight is 328 g/mol. The smallest absolute Gasteiger partial charge is 0.0837 e. The lowest BCUT2D eigenvalue weighted by Gasteiger charge is -2.13. The summed E-state index contributed by atoms with van der Waals surface area (Å²) in [7, 11) is 0. The molecule has 1 unspecified atom stereocenters. The molecule has 1 N–H and O–H groups in total. The fourth-order valence-electron chi connectivity index (χ4n) is 2.36. The fraction of sp³-hybridized carbons (Fsp3) is 0.118. The number of rotatable bonds is 3. The maximum Gasteiger partial charge on any atom is 0.0837 e. The molecule has 1 aromatic heterocycles. The number of aliphatic hydroxyl groups is 1. The van der Waals surface area contributed by atoms with Crippen molar-refractivity contribution in [2.45, 2.75) is 12.5 Å². The Bertz CT molecular complexity index is 719. The maximum absolute atomic E-state index is 10.5. The first-order valence-electron chi connectivity index (χ1n) is 6.50. The predicted octanol–water partition coefficient (Wildman–Crippen LogP) is 4.27. The highest BCUT2D eigenvalue weighted by atomic mass is 79.9. The van der Waals surface area contributed by atoms with E-state index in [1.165, 1.54) is 0 Å². The molecule has 3 rings (SSSR count). The van der Waals surface area contributed by atoms with Crippen molar-refractivity contribution < 1.29 is 5.11 Å². The largest absolute Gasteiger partial charge is 0.388 e. The molecule has 0 amide bonds. The lowest BCUT2D eigenvalue weighted by atomic mass is 9.98. The van der Waals surface area contributed by atoms with Crippen molar-refractivity contribution in [2.75, 3.05) is 0 Å². The summed E-state index contributed by atoms with van der Waals surface area (Å²) in [6, 6.07) is 17.8. The molecule has 0 saturated carbocycles. The number of pyridine rings is 1. The Balaban J connectivity index is 1.92. The van der Waals surface area contributed by atoms with Gasteiger partial charge in [-0.25, -0.2) is 0 Å². The van der Waals surface area contributed by atoms with Crippen molar-refractivity contribution in [3.05, 3.63) is 76.4 Å². The van der Waals surface area contributed by atoms with Crippen molar-refractivity contribution in [3.63, 3.8) is 0 Å². The molecule has 0 radical (unpaired) electrons. The van der Waals surface area contributed by atoms with Crippen LogP contribution in [0.25, 0.3) is 10.9 Å². The summed E-state index contributed by atoms with van der Waals surface area (Å²) in [6.45, 7) is 0. The van der Waals surface area contributed by atoms with E-state index in [-0.39, 0.29) is 0 Å². The second kappa shape index (κ2) is 5.73. The van der Waals surface area contributed by atoms with E-state index in [0.29, 0.717) is 6.42 Å². The van der Waals surface area contributed by atoms with Gasteiger partial charge in [0.25, 0.3) is 0 Å². The zero-order valence-corrected chi connectivity index (χ0v) is 12.4. The Morgan fingerprint density at radius 2 is 1.75 bits per heavy atom. The van der Waals surface area contributed by atoms with E-state index in [4.69, 9.17) is 0 Å². The zero-order valence-electron chi connectivity index (χ0n) is 10.8. The lowest BCUT2D eigenvalue weighted by molar-refractivity contribution is 0.180. The molecule has 2 aromatic carbocycles. The van der Waals surface area contributed by atoms with Crippen molar-refractivity contribution >= 4 is 26.8 Å². The number of benzene rings is 2. The molecule has 0 aliphatic carbocycles. The highest BCUT2D eigenvalue weighted by Gasteiger charge is 2.12. The monoisotopic (exact) mass is 327 g/mol. The SMILES string of the molecule is OC(Cc1ccc(Br)cc1)c1ccnc2ccccc12. The van der Waals surface area contributed by atoms with Crippen molar-refractivity contribution in [1.29, 1.82) is 0 Å². The second-order valence-corrected chi connectivity index (χ2v) is 5.68. The van der Waals surface area contributed by atoms with Crippen LogP contribution in [0.4, 0.5) is 0 Å². The van der Waals surface area contributed by atoms with Crippen LogP contribution >= 0.6 is 15.9 Å². The van der Waals surface area contributed by atoms with Crippen molar-refractivity contribution in [2.24, 2.45) is 0 Å². The van der Waals surface area contributed by atoms with Gasteiger partial charge in [0.05, 0.1) is 11.6 Å². The third kappa shape index (κ3) is 2.74. The maximum atomic E-state index is 10.5. The van der Waals surface area contributed by atoms with E-state index in [9.17, 15) is 5.11 Å². The van der Waals surface area contributed by atoms with Crippen LogP contribution in [0.3, 0.4) is 0 Å². The molecule has 2 nitrogen and oxygen atoms in total. The summed E-state index contributed by atoms with van der Waals surface area (Å²) in [4.78, 5) is 4.33. The zero-order chi connectivity index (χ0) is 13.9. The van der Waals surface area contributed by atoms with Crippen LogP contribution in [0, 0.1) is 0 Å². The van der Waals surface area contributed by atoms with Gasteiger partial charge in [-0.05, 0) is 35.4 Å². The predicted molar refractivity (Wildman–Crippen MR) is 84.5 cm³/mol. The Labute approximate surface area is 126 Å². The van der Waals surface area contributed by atoms with E-state index >= 15 is 0 Å². The summed E-state index contributed by atoms with van der Waals surface area (Å²) in [5, 5.41) is 11.5. The van der Waals surface area contributed by atoms with Crippen LogP contribution in [0.5, 0.6) is 0 Å². The molecule has 100 valence electrons. The van der Waals surface area contributed by atoms with Crippen LogP contribution in [-0.2, 0) is 6.42 Å². The number of para-hydroxylation sites is 1. The van der Waals surface area contributed by atoms with Gasteiger partial charge in [0.2, 0.25) is 0 Å². The summed E-state index contributed by atoms with van der Waals surface area (Å²) in [5.41, 5.74) is 2.96. The van der Waals surface area contributed by atoms with Crippen LogP contribution in [0.2, 0.25) is 0 Å². The number of fused-ring (bicyclic) bond motifs is 1. The van der Waals surface area contributed by atoms with Gasteiger partial charge < -0.3 is 5.11 Å². The number of aromatic nitrogens is 1. The van der Waals surface area contributed by atoms with Crippen LogP contribution in [0.1, 0.15) is 17.2 Å². The molecule has 0 fully saturated rings. The Morgan fingerprint density at radius 1 is 1.00 bits per heavy atom. The molecule has 3 aromatic rings. The van der Waals surface area contributed by atoms with Crippen molar-refractivity contribution in [1.82, 2.24) is 4.98 Å². The number of hydrogen-bond acceptors (Lipinski definition) is 2. The van der Waals surface area contributed by atoms with Gasteiger partial charge in [-0.1, -0.05) is 46.3 Å². The molecule has 0 saturated heterocycles. The van der Waals surface area contributed by atoms with Gasteiger partial charge in [0, 0.05) is 22.5 Å². The number of nitrogens with zero attached hydrogens (tertiary/aromatic N) is 1. The molecular weight excluding hydrogens is 314 g/mol. The molecule has 3 heteroatoms. The number of aliphatic hydroxyl groups excluding tert-OH is 1.